The first-order valence-electron chi connectivity index (χ1n) is 5.88. The van der Waals surface area contributed by atoms with Gasteiger partial charge in [-0.05, 0) is 26.0 Å². The van der Waals surface area contributed by atoms with E-state index >= 15 is 0 Å². The number of nitrogens with zero attached hydrogens (tertiary/aromatic N) is 1. The Balaban J connectivity index is 2.24. The molecule has 0 aliphatic rings. The summed E-state index contributed by atoms with van der Waals surface area (Å²) in [6.07, 6.45) is 0. The monoisotopic (exact) mass is 298 g/mol. The van der Waals surface area contributed by atoms with Crippen LogP contribution < -0.4 is 5.32 Å². The van der Waals surface area contributed by atoms with Crippen molar-refractivity contribution in [3.63, 3.8) is 0 Å². The normalized spacial score (nSPS) is 10.4. The van der Waals surface area contributed by atoms with Gasteiger partial charge in [0.25, 0.3) is 0 Å². The summed E-state index contributed by atoms with van der Waals surface area (Å²) in [6, 6.07) is 3.07. The highest BCUT2D eigenvalue weighted by atomic mass is 32.1. The summed E-state index contributed by atoms with van der Waals surface area (Å²) >= 11 is 1.17. The van der Waals surface area contributed by atoms with E-state index in [4.69, 9.17) is 4.74 Å². The van der Waals surface area contributed by atoms with Crippen LogP contribution in [0.3, 0.4) is 0 Å². The van der Waals surface area contributed by atoms with E-state index in [0.29, 0.717) is 10.0 Å². The maximum atomic E-state index is 13.5. The van der Waals surface area contributed by atoms with E-state index in [1.54, 1.807) is 13.8 Å². The zero-order valence-corrected chi connectivity index (χ0v) is 11.7. The quantitative estimate of drug-likeness (QED) is 0.875. The van der Waals surface area contributed by atoms with Crippen molar-refractivity contribution in [2.24, 2.45) is 0 Å². The summed E-state index contributed by atoms with van der Waals surface area (Å²) in [5.41, 5.74) is 0.144. The molecule has 0 aliphatic carbocycles. The molecular formula is C13H12F2N2O2S. The number of carbonyl (C=O) groups is 1. The van der Waals surface area contributed by atoms with Crippen LogP contribution in [0.2, 0.25) is 0 Å². The fourth-order valence-corrected chi connectivity index (χ4v) is 2.36. The molecule has 0 unspecified atom stereocenters. The van der Waals surface area contributed by atoms with Gasteiger partial charge in [0, 0.05) is 10.9 Å². The third-order valence-electron chi connectivity index (χ3n) is 2.44. The first kappa shape index (κ1) is 14.4. The Bertz CT molecular complexity index is 643. The van der Waals surface area contributed by atoms with Crippen LogP contribution in [0.25, 0.3) is 0 Å². The van der Waals surface area contributed by atoms with Crippen molar-refractivity contribution in [2.45, 2.75) is 13.8 Å². The molecule has 0 amide bonds. The van der Waals surface area contributed by atoms with Crippen LogP contribution in [0, 0.1) is 18.6 Å². The molecule has 20 heavy (non-hydrogen) atoms. The van der Waals surface area contributed by atoms with Crippen LogP contribution >= 0.6 is 11.3 Å². The molecule has 1 aromatic carbocycles. The molecule has 0 aliphatic heterocycles. The number of hydrogen-bond donors (Lipinski definition) is 1. The highest BCUT2D eigenvalue weighted by Gasteiger charge is 2.17. The predicted octanol–water partition coefficient (Wildman–Crippen LogP) is 3.65. The fourth-order valence-electron chi connectivity index (χ4n) is 1.55. The standard InChI is InChI=1S/C13H12F2N2O2S/c1-3-19-12(18)11-7(2)20-13(17-11)16-10-6-8(14)4-5-9(10)15/h4-6H,3H2,1-2H3,(H,16,17). The van der Waals surface area contributed by atoms with Gasteiger partial charge in [-0.2, -0.15) is 0 Å². The molecule has 1 aromatic heterocycles. The zero-order valence-electron chi connectivity index (χ0n) is 10.9. The number of aromatic nitrogens is 1. The van der Waals surface area contributed by atoms with E-state index in [2.05, 4.69) is 10.3 Å². The molecule has 0 atom stereocenters. The van der Waals surface area contributed by atoms with Crippen molar-refractivity contribution in [1.82, 2.24) is 4.98 Å². The summed E-state index contributed by atoms with van der Waals surface area (Å²) in [7, 11) is 0. The third kappa shape index (κ3) is 3.11. The lowest BCUT2D eigenvalue weighted by Gasteiger charge is -2.03. The minimum Gasteiger partial charge on any atom is -0.461 e. The Kier molecular flexibility index (Phi) is 4.29. The number of benzene rings is 1. The van der Waals surface area contributed by atoms with E-state index in [9.17, 15) is 13.6 Å². The van der Waals surface area contributed by atoms with Crippen molar-refractivity contribution < 1.29 is 18.3 Å². The molecule has 2 rings (SSSR count). The smallest absolute Gasteiger partial charge is 0.358 e. The van der Waals surface area contributed by atoms with Crippen LogP contribution in [0.15, 0.2) is 18.2 Å². The van der Waals surface area contributed by atoms with Gasteiger partial charge >= 0.3 is 5.97 Å². The van der Waals surface area contributed by atoms with Crippen molar-refractivity contribution in [3.05, 3.63) is 40.4 Å². The maximum Gasteiger partial charge on any atom is 0.358 e. The second kappa shape index (κ2) is 5.96. The van der Waals surface area contributed by atoms with Crippen LogP contribution in [-0.4, -0.2) is 17.6 Å². The Morgan fingerprint density at radius 3 is 2.90 bits per heavy atom. The van der Waals surface area contributed by atoms with Gasteiger partial charge in [0.05, 0.1) is 12.3 Å². The largest absolute Gasteiger partial charge is 0.461 e. The van der Waals surface area contributed by atoms with Crippen molar-refractivity contribution in [1.29, 1.82) is 0 Å². The van der Waals surface area contributed by atoms with Crippen LogP contribution in [0.4, 0.5) is 19.6 Å². The van der Waals surface area contributed by atoms with E-state index < -0.39 is 17.6 Å². The van der Waals surface area contributed by atoms with E-state index in [0.717, 1.165) is 18.2 Å². The molecule has 0 spiro atoms. The number of rotatable bonds is 4. The van der Waals surface area contributed by atoms with Gasteiger partial charge in [-0.25, -0.2) is 18.6 Å². The van der Waals surface area contributed by atoms with Crippen molar-refractivity contribution in [2.75, 3.05) is 11.9 Å². The molecule has 0 saturated carbocycles. The van der Waals surface area contributed by atoms with Crippen molar-refractivity contribution >= 4 is 28.1 Å². The average Bonchev–Trinajstić information content (AvgIpc) is 2.75. The van der Waals surface area contributed by atoms with E-state index in [1.807, 2.05) is 0 Å². The minimum absolute atomic E-state index is 0.0332. The number of aryl methyl sites for hydroxylation is 1. The van der Waals surface area contributed by atoms with E-state index in [1.165, 1.54) is 11.3 Å². The molecule has 1 N–H and O–H groups in total. The van der Waals surface area contributed by atoms with Crippen molar-refractivity contribution in [3.8, 4) is 0 Å². The SMILES string of the molecule is CCOC(=O)c1nc(Nc2cc(F)ccc2F)sc1C. The first-order valence-corrected chi connectivity index (χ1v) is 6.69. The Labute approximate surface area is 118 Å². The van der Waals surface area contributed by atoms with Gasteiger partial charge in [0.2, 0.25) is 0 Å². The number of halogens is 2. The number of thiazole rings is 1. The summed E-state index contributed by atoms with van der Waals surface area (Å²) in [5.74, 6) is -1.70. The summed E-state index contributed by atoms with van der Waals surface area (Å²) in [4.78, 5) is 16.3. The molecule has 106 valence electrons. The molecule has 0 bridgehead atoms. The number of ether oxygens (including phenoxy) is 1. The zero-order chi connectivity index (χ0) is 14.7. The molecule has 0 saturated heterocycles. The van der Waals surface area contributed by atoms with Gasteiger partial charge in [-0.1, -0.05) is 0 Å². The van der Waals surface area contributed by atoms with Gasteiger partial charge in [0.15, 0.2) is 10.8 Å². The van der Waals surface area contributed by atoms with Gasteiger partial charge in [0.1, 0.15) is 11.6 Å². The summed E-state index contributed by atoms with van der Waals surface area (Å²) in [5, 5.41) is 2.96. The lowest BCUT2D eigenvalue weighted by atomic mass is 10.3. The van der Waals surface area contributed by atoms with Gasteiger partial charge in [-0.15, -0.1) is 11.3 Å². The molecule has 0 fully saturated rings. The molecule has 4 nitrogen and oxygen atoms in total. The first-order chi connectivity index (χ1) is 9.51. The topological polar surface area (TPSA) is 51.2 Å². The number of anilines is 2. The van der Waals surface area contributed by atoms with Crippen LogP contribution in [-0.2, 0) is 4.74 Å². The van der Waals surface area contributed by atoms with Gasteiger partial charge < -0.3 is 10.1 Å². The summed E-state index contributed by atoms with van der Waals surface area (Å²) < 4.78 is 31.4. The van der Waals surface area contributed by atoms with E-state index in [-0.39, 0.29) is 18.0 Å². The maximum absolute atomic E-state index is 13.5. The number of esters is 1. The number of hydrogen-bond acceptors (Lipinski definition) is 5. The molecule has 0 radical (unpaired) electrons. The number of carbonyl (C=O) groups excluding carboxylic acids is 1. The summed E-state index contributed by atoms with van der Waals surface area (Å²) in [6.45, 7) is 3.65. The molecule has 1 heterocycles. The lowest BCUT2D eigenvalue weighted by molar-refractivity contribution is 0.0519. The van der Waals surface area contributed by atoms with Gasteiger partial charge in [-0.3, -0.25) is 0 Å². The van der Waals surface area contributed by atoms with Crippen LogP contribution in [0.5, 0.6) is 0 Å². The Morgan fingerprint density at radius 1 is 1.45 bits per heavy atom. The Hall–Kier alpha value is -2.02. The predicted molar refractivity (Wildman–Crippen MR) is 72.4 cm³/mol. The fraction of sp³-hybridized carbons (Fsp3) is 0.231. The third-order valence-corrected chi connectivity index (χ3v) is 3.32. The molecular weight excluding hydrogens is 286 g/mol. The molecule has 2 aromatic rings. The lowest BCUT2D eigenvalue weighted by Crippen LogP contribution is -2.06. The minimum atomic E-state index is -0.600. The highest BCUT2D eigenvalue weighted by Crippen LogP contribution is 2.27. The average molecular weight is 298 g/mol. The molecule has 7 heteroatoms. The second-order valence-electron chi connectivity index (χ2n) is 3.89. The van der Waals surface area contributed by atoms with Crippen LogP contribution in [0.1, 0.15) is 22.3 Å². The second-order valence-corrected chi connectivity index (χ2v) is 5.10. The Morgan fingerprint density at radius 2 is 2.20 bits per heavy atom. The highest BCUT2D eigenvalue weighted by molar-refractivity contribution is 7.15. The number of nitrogens with one attached hydrogen (secondary N) is 1.